The van der Waals surface area contributed by atoms with Gasteiger partial charge in [-0.3, -0.25) is 4.79 Å². The van der Waals surface area contributed by atoms with Crippen molar-refractivity contribution in [2.75, 3.05) is 0 Å². The number of hydrogen-bond donors (Lipinski definition) is 0. The number of esters is 1. The zero-order valence-electron chi connectivity index (χ0n) is 13.8. The molecule has 2 atom stereocenters. The van der Waals surface area contributed by atoms with E-state index in [-0.39, 0.29) is 17.5 Å². The number of unbranched alkanes of at least 4 members (excludes halogenated alkanes) is 7. The molecular weight excluding hydrogens is 272 g/mol. The maximum Gasteiger partial charge on any atom is 0.302 e. The van der Waals surface area contributed by atoms with Gasteiger partial charge in [-0.15, -0.1) is 11.6 Å². The predicted octanol–water partition coefficient (Wildman–Crippen LogP) is 5.71. The predicted molar refractivity (Wildman–Crippen MR) is 87.3 cm³/mol. The van der Waals surface area contributed by atoms with E-state index in [4.69, 9.17) is 16.3 Å². The number of ether oxygens (including phenoxy) is 1. The molecule has 2 nitrogen and oxygen atoms in total. The average molecular weight is 305 g/mol. The monoisotopic (exact) mass is 304 g/mol. The van der Waals surface area contributed by atoms with Crippen LogP contribution in [0.3, 0.4) is 0 Å². The first-order valence-corrected chi connectivity index (χ1v) is 8.74. The summed E-state index contributed by atoms with van der Waals surface area (Å²) in [6.45, 7) is 7.85. The standard InChI is InChI=1S/C17H33ClO2/c1-5-6-7-8-9-10-11-12-13-16(20-15(4)19)17(18)14(2)3/h14,16-17H,5-13H2,1-4H3. The smallest absolute Gasteiger partial charge is 0.302 e. The van der Waals surface area contributed by atoms with E-state index < -0.39 is 0 Å². The van der Waals surface area contributed by atoms with Gasteiger partial charge >= 0.3 is 5.97 Å². The minimum Gasteiger partial charge on any atom is -0.461 e. The summed E-state index contributed by atoms with van der Waals surface area (Å²) in [7, 11) is 0. The summed E-state index contributed by atoms with van der Waals surface area (Å²) in [4.78, 5) is 11.1. The van der Waals surface area contributed by atoms with Crippen molar-refractivity contribution in [3.63, 3.8) is 0 Å². The number of carbonyl (C=O) groups is 1. The van der Waals surface area contributed by atoms with Gasteiger partial charge in [0.15, 0.2) is 0 Å². The molecule has 0 heterocycles. The highest BCUT2D eigenvalue weighted by Crippen LogP contribution is 2.22. The lowest BCUT2D eigenvalue weighted by Crippen LogP contribution is -2.30. The van der Waals surface area contributed by atoms with E-state index in [1.54, 1.807) is 0 Å². The van der Waals surface area contributed by atoms with Crippen LogP contribution in [0.4, 0.5) is 0 Å². The summed E-state index contributed by atoms with van der Waals surface area (Å²) < 4.78 is 5.36. The summed E-state index contributed by atoms with van der Waals surface area (Å²) in [6.07, 6.45) is 11.1. The van der Waals surface area contributed by atoms with Crippen LogP contribution in [0.5, 0.6) is 0 Å². The maximum absolute atomic E-state index is 11.1. The topological polar surface area (TPSA) is 26.3 Å². The summed E-state index contributed by atoms with van der Waals surface area (Å²) in [5.74, 6) is 0.107. The Morgan fingerprint density at radius 3 is 1.95 bits per heavy atom. The largest absolute Gasteiger partial charge is 0.461 e. The molecule has 0 aliphatic rings. The van der Waals surface area contributed by atoms with Crippen molar-refractivity contribution < 1.29 is 9.53 Å². The summed E-state index contributed by atoms with van der Waals surface area (Å²) in [5, 5.41) is -0.0801. The molecule has 120 valence electrons. The summed E-state index contributed by atoms with van der Waals surface area (Å²) >= 11 is 6.35. The molecular formula is C17H33ClO2. The normalized spacial score (nSPS) is 14.3. The number of alkyl halides is 1. The van der Waals surface area contributed by atoms with E-state index in [0.29, 0.717) is 5.92 Å². The quantitative estimate of drug-likeness (QED) is 0.262. The molecule has 20 heavy (non-hydrogen) atoms. The van der Waals surface area contributed by atoms with Crippen molar-refractivity contribution in [3.8, 4) is 0 Å². The van der Waals surface area contributed by atoms with Crippen molar-refractivity contribution in [3.05, 3.63) is 0 Å². The molecule has 3 heteroatoms. The second kappa shape index (κ2) is 12.5. The second-order valence-electron chi connectivity index (χ2n) is 6.10. The Labute approximate surface area is 130 Å². The molecule has 0 fully saturated rings. The SMILES string of the molecule is CCCCCCCCCCC(OC(C)=O)C(Cl)C(C)C. The van der Waals surface area contributed by atoms with Crippen LogP contribution in [0.1, 0.15) is 85.5 Å². The fraction of sp³-hybridized carbons (Fsp3) is 0.941. The lowest BCUT2D eigenvalue weighted by atomic mass is 9.99. The third-order valence-electron chi connectivity index (χ3n) is 3.65. The van der Waals surface area contributed by atoms with Gasteiger partial charge in [-0.1, -0.05) is 65.7 Å². The highest BCUT2D eigenvalue weighted by molar-refractivity contribution is 6.21. The number of halogens is 1. The molecule has 0 aromatic rings. The highest BCUT2D eigenvalue weighted by atomic mass is 35.5. The van der Waals surface area contributed by atoms with E-state index in [1.165, 1.54) is 51.9 Å². The fourth-order valence-corrected chi connectivity index (χ4v) is 2.58. The van der Waals surface area contributed by atoms with Gasteiger partial charge in [0, 0.05) is 6.92 Å². The van der Waals surface area contributed by atoms with E-state index in [9.17, 15) is 4.79 Å². The van der Waals surface area contributed by atoms with Crippen molar-refractivity contribution in [2.24, 2.45) is 5.92 Å². The summed E-state index contributed by atoms with van der Waals surface area (Å²) in [6, 6.07) is 0. The molecule has 0 bridgehead atoms. The zero-order chi connectivity index (χ0) is 15.4. The molecule has 0 saturated heterocycles. The highest BCUT2D eigenvalue weighted by Gasteiger charge is 2.24. The third kappa shape index (κ3) is 10.5. The molecule has 0 aliphatic carbocycles. The molecule has 0 aromatic heterocycles. The van der Waals surface area contributed by atoms with Crippen LogP contribution < -0.4 is 0 Å². The first kappa shape index (κ1) is 19.8. The lowest BCUT2D eigenvalue weighted by Gasteiger charge is -2.24. The Hall–Kier alpha value is -0.240. The van der Waals surface area contributed by atoms with Crippen LogP contribution in [0.25, 0.3) is 0 Å². The van der Waals surface area contributed by atoms with Crippen LogP contribution in [0.2, 0.25) is 0 Å². The Kier molecular flexibility index (Phi) is 12.3. The molecule has 0 rings (SSSR count). The molecule has 0 aliphatic heterocycles. The molecule has 2 unspecified atom stereocenters. The van der Waals surface area contributed by atoms with Crippen LogP contribution in [0, 0.1) is 5.92 Å². The Morgan fingerprint density at radius 2 is 1.50 bits per heavy atom. The molecule has 0 spiro atoms. The van der Waals surface area contributed by atoms with Gasteiger partial charge in [-0.2, -0.15) is 0 Å². The average Bonchev–Trinajstić information content (AvgIpc) is 2.39. The van der Waals surface area contributed by atoms with E-state index in [0.717, 1.165) is 12.8 Å². The van der Waals surface area contributed by atoms with Crippen LogP contribution in [-0.2, 0) is 9.53 Å². The van der Waals surface area contributed by atoms with Gasteiger partial charge in [0.25, 0.3) is 0 Å². The minimum atomic E-state index is -0.221. The van der Waals surface area contributed by atoms with Crippen molar-refractivity contribution in [1.82, 2.24) is 0 Å². The molecule has 0 radical (unpaired) electrons. The molecule has 0 amide bonds. The Balaban J connectivity index is 3.77. The minimum absolute atomic E-state index is 0.0801. The van der Waals surface area contributed by atoms with Crippen LogP contribution >= 0.6 is 11.6 Å². The number of rotatable bonds is 12. The Morgan fingerprint density at radius 1 is 1.00 bits per heavy atom. The van der Waals surface area contributed by atoms with Gasteiger partial charge in [0.1, 0.15) is 6.10 Å². The van der Waals surface area contributed by atoms with Gasteiger partial charge in [0.2, 0.25) is 0 Å². The summed E-state index contributed by atoms with van der Waals surface area (Å²) in [5.41, 5.74) is 0. The maximum atomic E-state index is 11.1. The molecule has 0 aromatic carbocycles. The van der Waals surface area contributed by atoms with E-state index in [1.807, 2.05) is 0 Å². The second-order valence-corrected chi connectivity index (χ2v) is 6.60. The van der Waals surface area contributed by atoms with Crippen LogP contribution in [0.15, 0.2) is 0 Å². The van der Waals surface area contributed by atoms with Crippen molar-refractivity contribution >= 4 is 17.6 Å². The van der Waals surface area contributed by atoms with Crippen LogP contribution in [-0.4, -0.2) is 17.5 Å². The first-order chi connectivity index (χ1) is 9.49. The number of carbonyl (C=O) groups excluding carboxylic acids is 1. The van der Waals surface area contributed by atoms with Gasteiger partial charge in [-0.05, 0) is 18.8 Å². The van der Waals surface area contributed by atoms with Gasteiger partial charge in [0.05, 0.1) is 5.38 Å². The zero-order valence-corrected chi connectivity index (χ0v) is 14.5. The Bertz CT molecular complexity index is 241. The van der Waals surface area contributed by atoms with E-state index >= 15 is 0 Å². The lowest BCUT2D eigenvalue weighted by molar-refractivity contribution is -0.147. The van der Waals surface area contributed by atoms with Gasteiger partial charge in [-0.25, -0.2) is 0 Å². The van der Waals surface area contributed by atoms with E-state index in [2.05, 4.69) is 20.8 Å². The van der Waals surface area contributed by atoms with Crippen molar-refractivity contribution in [2.45, 2.75) is 97.0 Å². The molecule has 0 N–H and O–H groups in total. The fourth-order valence-electron chi connectivity index (χ4n) is 2.41. The van der Waals surface area contributed by atoms with Crippen molar-refractivity contribution in [1.29, 1.82) is 0 Å². The van der Waals surface area contributed by atoms with Gasteiger partial charge < -0.3 is 4.74 Å². The first-order valence-electron chi connectivity index (χ1n) is 8.30. The molecule has 0 saturated carbocycles. The number of hydrogen-bond acceptors (Lipinski definition) is 2. The third-order valence-corrected chi connectivity index (χ3v) is 4.44.